The molecule has 0 saturated heterocycles. The van der Waals surface area contributed by atoms with Crippen LogP contribution in [-0.4, -0.2) is 91.2 Å². The predicted octanol–water partition coefficient (Wildman–Crippen LogP) is 11.9. The highest BCUT2D eigenvalue weighted by molar-refractivity contribution is 8.77. The lowest BCUT2D eigenvalue weighted by molar-refractivity contribution is -0.131. The number of carbonyl (C=O) groups is 6. The molecule has 2 unspecified atom stereocenters. The summed E-state index contributed by atoms with van der Waals surface area (Å²) in [6.45, 7) is 15.4. The maximum atomic E-state index is 14.5. The molecular formula is C67H80N4O12S3. The smallest absolute Gasteiger partial charge is 0.272 e. The first kappa shape index (κ1) is 63.8. The number of hydrogen-bond acceptors (Lipinski definition) is 14. The van der Waals surface area contributed by atoms with Gasteiger partial charge in [0.15, 0.2) is 17.3 Å². The molecule has 5 aromatic rings. The summed E-state index contributed by atoms with van der Waals surface area (Å²) in [6.07, 6.45) is 5.13. The number of amides is 4. The van der Waals surface area contributed by atoms with Gasteiger partial charge in [0.25, 0.3) is 21.9 Å². The number of anilines is 3. The minimum absolute atomic E-state index is 0.00592. The number of nitrogens with one attached hydrogen (secondary N) is 2. The summed E-state index contributed by atoms with van der Waals surface area (Å²) in [5, 5.41) is 5.22. The van der Waals surface area contributed by atoms with Gasteiger partial charge in [-0.05, 0) is 165 Å². The first-order valence-corrected chi connectivity index (χ1v) is 33.5. The molecule has 0 saturated carbocycles. The van der Waals surface area contributed by atoms with Crippen molar-refractivity contribution in [3.63, 3.8) is 0 Å². The van der Waals surface area contributed by atoms with Crippen molar-refractivity contribution in [3.8, 4) is 17.2 Å². The number of fused-ring (bicyclic) bond motifs is 8. The molecule has 4 aliphatic heterocycles. The van der Waals surface area contributed by atoms with Crippen molar-refractivity contribution >= 4 is 84.0 Å². The standard InChI is InChI=1S/C67H80N4O12S3/c1-11-51(72)23-20-42(6)84-85-67(7,8)25-24-62(74)69-63(39(2)3)57(73)27-41(5)64(75)68-49-29-43(28-44(30-49)38-83-60-33-45-21-22-50-31-46-16-12-14-18-54(46)70(50)65(76)53(45)36-59(60)80-9)37-82-58-34-48-35-61(86(78,79)81-10)56-32-47-17-13-15-19-55(47)71(56)66(77)52(48)26-40(58)4/h12-19,26,28-30,33-34,36,39,41-42,50,56,61,63H,11,20-25,27,31-32,35,37-38H2,1-10H3,(H,68,75)(H,69,74)/t41-,42?,50-,56+,61?,63+/m1/s1. The molecular weight excluding hydrogens is 1150 g/mol. The Balaban J connectivity index is 0.929. The van der Waals surface area contributed by atoms with Crippen LogP contribution in [0.1, 0.15) is 153 Å². The van der Waals surface area contributed by atoms with Gasteiger partial charge in [-0.3, -0.25) is 33.0 Å². The van der Waals surface area contributed by atoms with Crippen LogP contribution >= 0.6 is 21.6 Å². The van der Waals surface area contributed by atoms with Crippen molar-refractivity contribution in [2.24, 2.45) is 11.8 Å². The van der Waals surface area contributed by atoms with Crippen molar-refractivity contribution in [1.29, 1.82) is 0 Å². The molecule has 19 heteroatoms. The number of para-hydroxylation sites is 2. The van der Waals surface area contributed by atoms with E-state index in [1.54, 1.807) is 63.7 Å². The Labute approximate surface area is 514 Å². The number of Topliss-reactive ketones (excluding diaryl/α,β-unsaturated/α-hetero) is 2. The van der Waals surface area contributed by atoms with Crippen LogP contribution in [0.2, 0.25) is 0 Å². The molecule has 4 amide bonds. The minimum Gasteiger partial charge on any atom is -0.493 e. The number of hydrogen-bond donors (Lipinski definition) is 2. The second-order valence-corrected chi connectivity index (χ2v) is 29.5. The molecule has 2 N–H and O–H groups in total. The Morgan fingerprint density at radius 2 is 1.37 bits per heavy atom. The summed E-state index contributed by atoms with van der Waals surface area (Å²) in [6, 6.07) is 26.5. The van der Waals surface area contributed by atoms with E-state index in [1.165, 1.54) is 7.11 Å². The van der Waals surface area contributed by atoms with Crippen LogP contribution in [0, 0.1) is 18.8 Å². The van der Waals surface area contributed by atoms with Crippen LogP contribution in [0.5, 0.6) is 17.2 Å². The molecule has 0 radical (unpaired) electrons. The molecule has 0 bridgehead atoms. The normalized spacial score (nSPS) is 18.1. The van der Waals surface area contributed by atoms with Gasteiger partial charge in [0.05, 0.1) is 26.3 Å². The van der Waals surface area contributed by atoms with Gasteiger partial charge in [0.1, 0.15) is 30.0 Å². The Morgan fingerprint density at radius 1 is 0.744 bits per heavy atom. The molecule has 9 rings (SSSR count). The third-order valence-corrected chi connectivity index (χ3v) is 22.6. The van der Waals surface area contributed by atoms with E-state index in [1.807, 2.05) is 87.2 Å². The van der Waals surface area contributed by atoms with Crippen molar-refractivity contribution in [3.05, 3.63) is 141 Å². The first-order valence-electron chi connectivity index (χ1n) is 29.8. The molecule has 5 aromatic carbocycles. The number of nitrogens with zero attached hydrogens (tertiary/aromatic N) is 2. The highest BCUT2D eigenvalue weighted by atomic mass is 33.1. The van der Waals surface area contributed by atoms with Crippen LogP contribution < -0.4 is 34.6 Å². The molecule has 6 atom stereocenters. The number of ketones is 2. The number of benzene rings is 5. The Hall–Kier alpha value is -6.67. The highest BCUT2D eigenvalue weighted by Gasteiger charge is 2.48. The minimum atomic E-state index is -4.12. The molecule has 458 valence electrons. The molecule has 16 nitrogen and oxygen atoms in total. The van der Waals surface area contributed by atoms with Crippen LogP contribution in [-0.2, 0) is 72.4 Å². The quantitative estimate of drug-likeness (QED) is 0.0391. The lowest BCUT2D eigenvalue weighted by Gasteiger charge is -2.28. The summed E-state index contributed by atoms with van der Waals surface area (Å²) in [5.41, 5.74) is 8.25. The zero-order valence-corrected chi connectivity index (χ0v) is 53.4. The fourth-order valence-electron chi connectivity index (χ4n) is 12.1. The Morgan fingerprint density at radius 3 is 2.03 bits per heavy atom. The van der Waals surface area contributed by atoms with Crippen LogP contribution in [0.15, 0.2) is 91.0 Å². The molecule has 0 aliphatic carbocycles. The fraction of sp³-hybridized carbons (Fsp3) is 0.463. The molecule has 0 fully saturated rings. The maximum Gasteiger partial charge on any atom is 0.272 e. The first-order chi connectivity index (χ1) is 41.0. The van der Waals surface area contributed by atoms with Gasteiger partial charge in [-0.1, -0.05) is 92.6 Å². The summed E-state index contributed by atoms with van der Waals surface area (Å²) < 4.78 is 51.2. The largest absolute Gasteiger partial charge is 0.493 e. The zero-order chi connectivity index (χ0) is 61.8. The van der Waals surface area contributed by atoms with Crippen LogP contribution in [0.3, 0.4) is 0 Å². The predicted molar refractivity (Wildman–Crippen MR) is 339 cm³/mol. The maximum absolute atomic E-state index is 14.5. The van der Waals surface area contributed by atoms with E-state index in [2.05, 4.69) is 37.5 Å². The SMILES string of the molecule is CCC(=O)CCC(C)SSC(C)(C)CCC(=O)N[C@H](C(=O)C[C@@H](C)C(=O)Nc1cc(COc2cc3c(cc2C)C(=O)N2c4ccccc4C[C@H]2C(S(=O)(=O)OC)C3)cc(COc2cc3c(cc2OC)C(=O)N2c4ccccc4C[C@H]2CC3)c1)C(C)C. The van der Waals surface area contributed by atoms with E-state index < -0.39 is 39.3 Å². The van der Waals surface area contributed by atoms with E-state index in [0.29, 0.717) is 94.1 Å². The lowest BCUT2D eigenvalue weighted by Crippen LogP contribution is -2.47. The third kappa shape index (κ3) is 14.5. The van der Waals surface area contributed by atoms with Gasteiger partial charge in [0.2, 0.25) is 11.8 Å². The average Bonchev–Trinajstić information content (AvgIpc) is 1.66. The number of aryl methyl sites for hydroxylation is 2. The fourth-order valence-corrected chi connectivity index (χ4v) is 15.9. The Kier molecular flexibility index (Phi) is 20.2. The summed E-state index contributed by atoms with van der Waals surface area (Å²) >= 11 is 0. The summed E-state index contributed by atoms with van der Waals surface area (Å²) in [4.78, 5) is 85.8. The van der Waals surface area contributed by atoms with Crippen molar-refractivity contribution in [2.45, 2.75) is 173 Å². The number of methoxy groups -OCH3 is 1. The van der Waals surface area contributed by atoms with Crippen molar-refractivity contribution in [2.75, 3.05) is 29.3 Å². The molecule has 0 spiro atoms. The number of ether oxygens (including phenoxy) is 3. The van der Waals surface area contributed by atoms with E-state index in [-0.39, 0.29) is 83.7 Å². The highest BCUT2D eigenvalue weighted by Crippen LogP contribution is 2.45. The van der Waals surface area contributed by atoms with Crippen molar-refractivity contribution < 1.29 is 55.6 Å². The molecule has 0 aromatic heterocycles. The monoisotopic (exact) mass is 1230 g/mol. The molecule has 86 heavy (non-hydrogen) atoms. The summed E-state index contributed by atoms with van der Waals surface area (Å²) in [5.74, 6) is -0.845. The summed E-state index contributed by atoms with van der Waals surface area (Å²) in [7, 11) is 1.98. The van der Waals surface area contributed by atoms with Gasteiger partial charge in [-0.2, -0.15) is 8.42 Å². The molecule has 4 heterocycles. The van der Waals surface area contributed by atoms with Crippen molar-refractivity contribution in [1.82, 2.24) is 5.32 Å². The van der Waals surface area contributed by atoms with Gasteiger partial charge in [-0.25, -0.2) is 0 Å². The van der Waals surface area contributed by atoms with Gasteiger partial charge >= 0.3 is 0 Å². The van der Waals surface area contributed by atoms with Gasteiger partial charge < -0.3 is 34.6 Å². The zero-order valence-electron chi connectivity index (χ0n) is 50.9. The molecule has 4 aliphatic rings. The lowest BCUT2D eigenvalue weighted by atomic mass is 9.92. The second kappa shape index (κ2) is 27.2. The van der Waals surface area contributed by atoms with Gasteiger partial charge in [0, 0.05) is 75.8 Å². The number of carbonyl (C=O) groups excluding carboxylic acids is 6. The third-order valence-electron chi connectivity index (χ3n) is 17.0. The van der Waals surface area contributed by atoms with E-state index in [4.69, 9.17) is 18.4 Å². The average molecular weight is 1230 g/mol. The van der Waals surface area contributed by atoms with E-state index >= 15 is 0 Å². The second-order valence-electron chi connectivity index (χ2n) is 24.3. The van der Waals surface area contributed by atoms with Crippen LogP contribution in [0.4, 0.5) is 17.1 Å². The van der Waals surface area contributed by atoms with E-state index in [0.717, 1.165) is 48.8 Å². The van der Waals surface area contributed by atoms with Gasteiger partial charge in [-0.15, -0.1) is 0 Å². The topological polar surface area (TPSA) is 204 Å². The van der Waals surface area contributed by atoms with Crippen LogP contribution in [0.25, 0.3) is 0 Å². The van der Waals surface area contributed by atoms with E-state index in [9.17, 15) is 37.2 Å². The number of rotatable bonds is 26. The Bertz CT molecular complexity index is 3530.